The third kappa shape index (κ3) is 4.51. The van der Waals surface area contributed by atoms with Crippen molar-refractivity contribution in [3.05, 3.63) is 35.8 Å². The Balaban J connectivity index is 1.49. The SMILES string of the molecule is CNC1CCCC(F)[C@@H](Oc2ccc(-c3ccc(-c4nncs4)cc3O)nn2)C1. The number of aromatic nitrogens is 4. The minimum atomic E-state index is -1.02. The average Bonchev–Trinajstić information content (AvgIpc) is 3.21. The third-order valence-corrected chi connectivity index (χ3v) is 5.89. The van der Waals surface area contributed by atoms with Crippen LogP contribution in [-0.2, 0) is 0 Å². The Morgan fingerprint density at radius 3 is 2.76 bits per heavy atom. The van der Waals surface area contributed by atoms with Gasteiger partial charge in [-0.25, -0.2) is 4.39 Å². The first kappa shape index (κ1) is 19.7. The van der Waals surface area contributed by atoms with Gasteiger partial charge in [-0.15, -0.1) is 20.4 Å². The van der Waals surface area contributed by atoms with E-state index < -0.39 is 12.3 Å². The van der Waals surface area contributed by atoms with E-state index in [9.17, 15) is 9.50 Å². The molecule has 2 heterocycles. The van der Waals surface area contributed by atoms with Crippen LogP contribution >= 0.6 is 11.3 Å². The zero-order valence-corrected chi connectivity index (χ0v) is 16.8. The maximum atomic E-state index is 14.4. The topological polar surface area (TPSA) is 93.0 Å². The van der Waals surface area contributed by atoms with Gasteiger partial charge in [0.05, 0.1) is 5.69 Å². The average molecular weight is 415 g/mol. The summed E-state index contributed by atoms with van der Waals surface area (Å²) in [7, 11) is 1.89. The Labute approximate surface area is 172 Å². The minimum Gasteiger partial charge on any atom is -0.507 e. The number of benzene rings is 1. The Kier molecular flexibility index (Phi) is 5.96. The Morgan fingerprint density at radius 2 is 2.07 bits per heavy atom. The number of aromatic hydroxyl groups is 1. The van der Waals surface area contributed by atoms with Crippen LogP contribution in [0.1, 0.15) is 25.7 Å². The van der Waals surface area contributed by atoms with Crippen LogP contribution in [0.5, 0.6) is 11.6 Å². The van der Waals surface area contributed by atoms with Gasteiger partial charge < -0.3 is 15.2 Å². The van der Waals surface area contributed by atoms with Crippen molar-refractivity contribution in [1.29, 1.82) is 0 Å². The van der Waals surface area contributed by atoms with Gasteiger partial charge in [-0.2, -0.15) is 0 Å². The molecule has 0 bridgehead atoms. The van der Waals surface area contributed by atoms with Gasteiger partial charge in [0.15, 0.2) is 0 Å². The second-order valence-corrected chi connectivity index (χ2v) is 7.89. The molecule has 2 aromatic heterocycles. The molecule has 0 amide bonds. The molecule has 0 saturated heterocycles. The Bertz CT molecular complexity index is 939. The highest BCUT2D eigenvalue weighted by molar-refractivity contribution is 7.12. The fourth-order valence-electron chi connectivity index (χ4n) is 3.54. The van der Waals surface area contributed by atoms with E-state index in [0.29, 0.717) is 24.1 Å². The smallest absolute Gasteiger partial charge is 0.233 e. The van der Waals surface area contributed by atoms with Crippen LogP contribution in [0.2, 0.25) is 0 Å². The first-order valence-corrected chi connectivity index (χ1v) is 10.4. The summed E-state index contributed by atoms with van der Waals surface area (Å²) < 4.78 is 20.2. The highest BCUT2D eigenvalue weighted by Crippen LogP contribution is 2.33. The minimum absolute atomic E-state index is 0.0742. The van der Waals surface area contributed by atoms with Crippen molar-refractivity contribution in [3.63, 3.8) is 0 Å². The number of hydrogen-bond acceptors (Lipinski definition) is 8. The first-order chi connectivity index (χ1) is 14.1. The van der Waals surface area contributed by atoms with Gasteiger partial charge in [0.1, 0.15) is 28.5 Å². The number of nitrogens with one attached hydrogen (secondary N) is 1. The van der Waals surface area contributed by atoms with E-state index in [4.69, 9.17) is 4.74 Å². The quantitative estimate of drug-likeness (QED) is 0.615. The summed E-state index contributed by atoms with van der Waals surface area (Å²) in [5.41, 5.74) is 3.47. The highest BCUT2D eigenvalue weighted by atomic mass is 32.1. The first-order valence-electron chi connectivity index (χ1n) is 9.55. The number of alkyl halides is 1. The lowest BCUT2D eigenvalue weighted by Gasteiger charge is -2.22. The lowest BCUT2D eigenvalue weighted by atomic mass is 10.1. The van der Waals surface area contributed by atoms with Gasteiger partial charge >= 0.3 is 0 Å². The molecule has 1 aromatic carbocycles. The Hall–Kier alpha value is -2.65. The van der Waals surface area contributed by atoms with Crippen LogP contribution in [0.15, 0.2) is 35.8 Å². The van der Waals surface area contributed by atoms with E-state index in [1.165, 1.54) is 11.3 Å². The van der Waals surface area contributed by atoms with Crippen molar-refractivity contribution in [3.8, 4) is 33.5 Å². The molecule has 2 N–H and O–H groups in total. The fraction of sp³-hybridized carbons (Fsp3) is 0.400. The monoisotopic (exact) mass is 415 g/mol. The van der Waals surface area contributed by atoms with Crippen LogP contribution in [0.4, 0.5) is 4.39 Å². The molecule has 0 radical (unpaired) electrons. The maximum Gasteiger partial charge on any atom is 0.233 e. The zero-order valence-electron chi connectivity index (χ0n) is 16.0. The van der Waals surface area contributed by atoms with Crippen LogP contribution in [0.3, 0.4) is 0 Å². The lowest BCUT2D eigenvalue weighted by Crippen LogP contribution is -2.35. The molecular weight excluding hydrogens is 393 g/mol. The zero-order chi connectivity index (χ0) is 20.2. The second-order valence-electron chi connectivity index (χ2n) is 7.06. The number of phenolic OH excluding ortho intramolecular Hbond substituents is 1. The van der Waals surface area contributed by atoms with Crippen LogP contribution in [-0.4, -0.2) is 50.9 Å². The van der Waals surface area contributed by atoms with E-state index >= 15 is 0 Å². The van der Waals surface area contributed by atoms with Crippen LogP contribution < -0.4 is 10.1 Å². The predicted octanol–water partition coefficient (Wildman–Crippen LogP) is 3.62. The number of hydrogen-bond donors (Lipinski definition) is 2. The normalized spacial score (nSPS) is 22.2. The van der Waals surface area contributed by atoms with E-state index in [-0.39, 0.29) is 17.7 Å². The maximum absolute atomic E-state index is 14.4. The summed E-state index contributed by atoms with van der Waals surface area (Å²) in [6.07, 6.45) is 1.29. The van der Waals surface area contributed by atoms with Crippen molar-refractivity contribution < 1.29 is 14.2 Å². The largest absolute Gasteiger partial charge is 0.507 e. The van der Waals surface area contributed by atoms with Crippen molar-refractivity contribution in [2.75, 3.05) is 7.05 Å². The molecule has 0 spiro atoms. The van der Waals surface area contributed by atoms with E-state index in [1.807, 2.05) is 13.1 Å². The van der Waals surface area contributed by atoms with Gasteiger partial charge in [-0.3, -0.25) is 0 Å². The molecule has 0 aliphatic heterocycles. The van der Waals surface area contributed by atoms with Crippen LogP contribution in [0, 0.1) is 0 Å². The fourth-order valence-corrected chi connectivity index (χ4v) is 4.09. The molecule has 1 fully saturated rings. The molecule has 7 nitrogen and oxygen atoms in total. The summed E-state index contributed by atoms with van der Waals surface area (Å²) >= 11 is 1.40. The van der Waals surface area contributed by atoms with E-state index in [2.05, 4.69) is 25.7 Å². The van der Waals surface area contributed by atoms with Gasteiger partial charge in [-0.05, 0) is 44.5 Å². The van der Waals surface area contributed by atoms with Gasteiger partial charge in [0, 0.05) is 29.7 Å². The summed E-state index contributed by atoms with van der Waals surface area (Å²) in [5, 5.41) is 30.4. The van der Waals surface area contributed by atoms with Crippen molar-refractivity contribution in [2.24, 2.45) is 0 Å². The predicted molar refractivity (Wildman–Crippen MR) is 109 cm³/mol. The summed E-state index contributed by atoms with van der Waals surface area (Å²) in [6.45, 7) is 0. The van der Waals surface area contributed by atoms with Crippen molar-refractivity contribution in [2.45, 2.75) is 44.0 Å². The van der Waals surface area contributed by atoms with Gasteiger partial charge in [0.25, 0.3) is 0 Å². The van der Waals surface area contributed by atoms with Gasteiger partial charge in [0.2, 0.25) is 5.88 Å². The number of rotatable bonds is 5. The molecule has 4 rings (SSSR count). The van der Waals surface area contributed by atoms with E-state index in [1.54, 1.807) is 29.8 Å². The molecule has 9 heteroatoms. The van der Waals surface area contributed by atoms with Crippen molar-refractivity contribution >= 4 is 11.3 Å². The molecule has 1 aliphatic carbocycles. The molecular formula is C20H22FN5O2S. The van der Waals surface area contributed by atoms with Crippen molar-refractivity contribution in [1.82, 2.24) is 25.7 Å². The summed E-state index contributed by atoms with van der Waals surface area (Å²) in [6, 6.07) is 8.83. The molecule has 1 saturated carbocycles. The number of halogens is 1. The standard InChI is InChI=1S/C20H22FN5O2S/c1-22-13-3-2-4-15(21)18(10-13)28-19-8-7-16(24-25-19)14-6-5-12(9-17(14)27)20-26-23-11-29-20/h5-9,11,13,15,18,22,27H,2-4,10H2,1H3/t13?,15?,18-/m0/s1. The highest BCUT2D eigenvalue weighted by Gasteiger charge is 2.29. The summed E-state index contributed by atoms with van der Waals surface area (Å²) in [5.74, 6) is 0.355. The molecule has 2 unspecified atom stereocenters. The van der Waals surface area contributed by atoms with Crippen LogP contribution in [0.25, 0.3) is 21.8 Å². The Morgan fingerprint density at radius 1 is 1.17 bits per heavy atom. The molecule has 3 atom stereocenters. The number of nitrogens with zero attached hydrogens (tertiary/aromatic N) is 4. The summed E-state index contributed by atoms with van der Waals surface area (Å²) in [4.78, 5) is 0. The molecule has 3 aromatic rings. The number of ether oxygens (including phenoxy) is 1. The molecule has 1 aliphatic rings. The van der Waals surface area contributed by atoms with Gasteiger partial charge in [-0.1, -0.05) is 17.4 Å². The third-order valence-electron chi connectivity index (χ3n) is 5.15. The number of phenols is 1. The lowest BCUT2D eigenvalue weighted by molar-refractivity contribution is 0.0837. The second kappa shape index (κ2) is 8.79. The molecule has 152 valence electrons. The van der Waals surface area contributed by atoms with E-state index in [0.717, 1.165) is 23.4 Å². The molecule has 29 heavy (non-hydrogen) atoms.